The van der Waals surface area contributed by atoms with Gasteiger partial charge in [0.05, 0.1) is 4.92 Å². The highest BCUT2D eigenvalue weighted by molar-refractivity contribution is 5.71. The molecule has 0 bridgehead atoms. The van der Waals surface area contributed by atoms with E-state index in [1.165, 1.54) is 9.80 Å². The molecule has 14 heteroatoms. The van der Waals surface area contributed by atoms with Gasteiger partial charge in [0, 0.05) is 36.8 Å². The summed E-state index contributed by atoms with van der Waals surface area (Å²) in [6.45, 7) is 8.24. The Morgan fingerprint density at radius 3 is 2.03 bits per heavy atom. The van der Waals surface area contributed by atoms with E-state index in [0.717, 1.165) is 6.07 Å². The number of piperazine rings is 1. The number of amides is 1. The van der Waals surface area contributed by atoms with Crippen LogP contribution in [0.3, 0.4) is 0 Å². The van der Waals surface area contributed by atoms with Gasteiger partial charge < -0.3 is 19.6 Å². The molecule has 2 unspecified atom stereocenters. The van der Waals surface area contributed by atoms with Gasteiger partial charge in [-0.1, -0.05) is 6.07 Å². The number of rotatable bonds is 3. The molecule has 192 valence electrons. The van der Waals surface area contributed by atoms with Crippen LogP contribution >= 0.6 is 0 Å². The van der Waals surface area contributed by atoms with Crippen LogP contribution in [0.2, 0.25) is 0 Å². The van der Waals surface area contributed by atoms with Crippen LogP contribution in [-0.4, -0.2) is 64.1 Å². The lowest BCUT2D eigenvalue weighted by Gasteiger charge is -2.45. The molecule has 1 aliphatic rings. The van der Waals surface area contributed by atoms with Crippen LogP contribution in [0.4, 0.5) is 42.5 Å². The lowest BCUT2D eigenvalue weighted by molar-refractivity contribution is -0.386. The largest absolute Gasteiger partial charge is 0.444 e. The molecule has 1 fully saturated rings. The highest BCUT2D eigenvalue weighted by atomic mass is 19.4. The zero-order valence-electron chi connectivity index (χ0n) is 19.0. The summed E-state index contributed by atoms with van der Waals surface area (Å²) in [5.74, 6) is 0. The highest BCUT2D eigenvalue weighted by Crippen LogP contribution is 2.51. The zero-order valence-corrected chi connectivity index (χ0v) is 19.0. The van der Waals surface area contributed by atoms with Crippen molar-refractivity contribution in [2.24, 2.45) is 0 Å². The maximum Gasteiger partial charge on any atom is 0.430 e. The highest BCUT2D eigenvalue weighted by Gasteiger charge is 2.71. The minimum atomic E-state index is -6.18. The fraction of sp³-hybridized carbons (Fsp3) is 0.650. The van der Waals surface area contributed by atoms with E-state index >= 15 is 0 Å². The number of carbonyl (C=O) groups excluding carboxylic acids is 1. The average molecular weight is 501 g/mol. The maximum atomic E-state index is 13.2. The zero-order chi connectivity index (χ0) is 26.4. The van der Waals surface area contributed by atoms with Gasteiger partial charge in [-0.2, -0.15) is 26.3 Å². The lowest BCUT2D eigenvalue weighted by atomic mass is 9.91. The normalized spacial score (nSPS) is 20.4. The first-order valence-electron chi connectivity index (χ1n) is 10.1. The summed E-state index contributed by atoms with van der Waals surface area (Å²) in [5, 5.41) is 21.2. The second-order valence-corrected chi connectivity index (χ2v) is 9.15. The minimum Gasteiger partial charge on any atom is -0.444 e. The van der Waals surface area contributed by atoms with Crippen molar-refractivity contribution in [3.8, 4) is 0 Å². The van der Waals surface area contributed by atoms with Gasteiger partial charge in [0.1, 0.15) is 11.3 Å². The molecule has 0 aromatic heterocycles. The predicted octanol–water partition coefficient (Wildman–Crippen LogP) is 4.74. The Kier molecular flexibility index (Phi) is 7.10. The number of hydrogen-bond acceptors (Lipinski definition) is 6. The number of benzene rings is 1. The molecule has 1 saturated heterocycles. The molecule has 1 N–H and O–H groups in total. The molecule has 8 nitrogen and oxygen atoms in total. The number of hydrogen-bond donors (Lipinski definition) is 1. The molecular weight excluding hydrogens is 476 g/mol. The monoisotopic (exact) mass is 501 g/mol. The molecule has 0 saturated carbocycles. The van der Waals surface area contributed by atoms with Crippen molar-refractivity contribution < 1.29 is 45.9 Å². The first kappa shape index (κ1) is 27.5. The van der Waals surface area contributed by atoms with Crippen molar-refractivity contribution in [2.75, 3.05) is 18.0 Å². The summed E-state index contributed by atoms with van der Waals surface area (Å²) in [7, 11) is 0. The fourth-order valence-electron chi connectivity index (χ4n) is 3.66. The summed E-state index contributed by atoms with van der Waals surface area (Å²) in [5.41, 5.74) is -9.09. The molecule has 0 aliphatic carbocycles. The van der Waals surface area contributed by atoms with Crippen LogP contribution in [0.15, 0.2) is 18.2 Å². The van der Waals surface area contributed by atoms with E-state index in [0.29, 0.717) is 6.07 Å². The quantitative estimate of drug-likeness (QED) is 0.365. The minimum absolute atomic E-state index is 0.0105. The number of anilines is 1. The summed E-state index contributed by atoms with van der Waals surface area (Å²) in [4.78, 5) is 25.8. The van der Waals surface area contributed by atoms with Crippen molar-refractivity contribution in [1.82, 2.24) is 4.90 Å². The average Bonchev–Trinajstić information content (AvgIpc) is 2.65. The smallest absolute Gasteiger partial charge is 0.430 e. The number of alkyl halides is 6. The van der Waals surface area contributed by atoms with Crippen LogP contribution in [0.1, 0.15) is 40.2 Å². The first-order valence-corrected chi connectivity index (χ1v) is 10.1. The van der Waals surface area contributed by atoms with Crippen molar-refractivity contribution in [3.05, 3.63) is 33.9 Å². The first-order chi connectivity index (χ1) is 15.2. The molecule has 1 heterocycles. The van der Waals surface area contributed by atoms with Gasteiger partial charge in [0.2, 0.25) is 0 Å². The van der Waals surface area contributed by atoms with E-state index in [1.807, 2.05) is 0 Å². The van der Waals surface area contributed by atoms with E-state index in [9.17, 15) is 46.4 Å². The standard InChI is InChI=1S/C20H25F6N3O5/c1-11-10-28(16(30)34-17(3,4)5)12(2)9-27(11)14-7-6-13(8-15(14)29(32)33)18(31,19(21,22)23)20(24,25)26/h6-8,11-12,31H,9-10H2,1-5H3. The molecule has 1 aliphatic heterocycles. The molecule has 0 spiro atoms. The van der Waals surface area contributed by atoms with Gasteiger partial charge >= 0.3 is 18.4 Å². The molecular formula is C20H25F6N3O5. The van der Waals surface area contributed by atoms with E-state index < -0.39 is 57.9 Å². The summed E-state index contributed by atoms with van der Waals surface area (Å²) in [6, 6.07) is 0.0296. The fourth-order valence-corrected chi connectivity index (χ4v) is 3.66. The molecule has 1 aromatic rings. The number of nitro groups is 1. The van der Waals surface area contributed by atoms with Gasteiger partial charge in [-0.15, -0.1) is 0 Å². The van der Waals surface area contributed by atoms with Crippen molar-refractivity contribution in [2.45, 2.75) is 70.3 Å². The van der Waals surface area contributed by atoms with Crippen LogP contribution in [-0.2, 0) is 10.3 Å². The van der Waals surface area contributed by atoms with Crippen molar-refractivity contribution >= 4 is 17.5 Å². The van der Waals surface area contributed by atoms with Gasteiger partial charge in [0.25, 0.3) is 11.3 Å². The van der Waals surface area contributed by atoms with Crippen LogP contribution in [0.25, 0.3) is 0 Å². The number of nitro benzene ring substituents is 1. The van der Waals surface area contributed by atoms with Crippen LogP contribution < -0.4 is 4.90 Å². The topological polar surface area (TPSA) is 96.1 Å². The Morgan fingerprint density at radius 2 is 1.59 bits per heavy atom. The number of aliphatic hydroxyl groups is 1. The molecule has 2 rings (SSSR count). The van der Waals surface area contributed by atoms with Gasteiger partial charge in [-0.05, 0) is 40.7 Å². The number of ether oxygens (including phenoxy) is 1. The second-order valence-electron chi connectivity index (χ2n) is 9.15. The molecule has 34 heavy (non-hydrogen) atoms. The summed E-state index contributed by atoms with van der Waals surface area (Å²) in [6.07, 6.45) is -13.0. The number of halogens is 6. The van der Waals surface area contributed by atoms with Crippen molar-refractivity contribution in [3.63, 3.8) is 0 Å². The molecule has 0 radical (unpaired) electrons. The molecule has 1 amide bonds. The van der Waals surface area contributed by atoms with Gasteiger partial charge in [0.15, 0.2) is 0 Å². The van der Waals surface area contributed by atoms with Gasteiger partial charge in [-0.3, -0.25) is 10.1 Å². The number of carbonyl (C=O) groups is 1. The SMILES string of the molecule is CC1CN(c2ccc(C(O)(C(F)(F)F)C(F)(F)F)cc2[N+](=O)[O-])C(C)CN1C(=O)OC(C)(C)C. The Morgan fingerprint density at radius 1 is 1.06 bits per heavy atom. The van der Waals surface area contributed by atoms with E-state index in [2.05, 4.69) is 0 Å². The summed E-state index contributed by atoms with van der Waals surface area (Å²) >= 11 is 0. The maximum absolute atomic E-state index is 13.2. The number of nitrogens with zero attached hydrogens (tertiary/aromatic N) is 3. The van der Waals surface area contributed by atoms with Crippen molar-refractivity contribution in [1.29, 1.82) is 0 Å². The van der Waals surface area contributed by atoms with Crippen LogP contribution in [0.5, 0.6) is 0 Å². The third-order valence-corrected chi connectivity index (χ3v) is 5.33. The summed E-state index contributed by atoms with van der Waals surface area (Å²) < 4.78 is 84.7. The van der Waals surface area contributed by atoms with E-state index in [1.54, 1.807) is 34.6 Å². The molecule has 2 atom stereocenters. The van der Waals surface area contributed by atoms with Crippen LogP contribution in [0, 0.1) is 10.1 Å². The van der Waals surface area contributed by atoms with Gasteiger partial charge in [-0.25, -0.2) is 4.79 Å². The second kappa shape index (κ2) is 8.78. The predicted molar refractivity (Wildman–Crippen MR) is 108 cm³/mol. The molecule has 1 aromatic carbocycles. The van der Waals surface area contributed by atoms with E-state index in [4.69, 9.17) is 4.74 Å². The third kappa shape index (κ3) is 5.15. The third-order valence-electron chi connectivity index (χ3n) is 5.33. The lowest BCUT2D eigenvalue weighted by Crippen LogP contribution is -2.59. The Labute approximate surface area is 191 Å². The Hall–Kier alpha value is -2.77. The van der Waals surface area contributed by atoms with E-state index in [-0.39, 0.29) is 24.8 Å². The Balaban J connectivity index is 2.48. The Bertz CT molecular complexity index is 930.